The lowest BCUT2D eigenvalue weighted by atomic mass is 10.1. The van der Waals surface area contributed by atoms with Gasteiger partial charge in [0.1, 0.15) is 0 Å². The third-order valence-electron chi connectivity index (χ3n) is 3.10. The summed E-state index contributed by atoms with van der Waals surface area (Å²) in [6.45, 7) is 4.62. The van der Waals surface area contributed by atoms with E-state index in [9.17, 15) is 18.0 Å². The van der Waals surface area contributed by atoms with Crippen LogP contribution in [0.4, 0.5) is 18.9 Å². The molecule has 0 spiro atoms. The summed E-state index contributed by atoms with van der Waals surface area (Å²) in [7, 11) is 0. The highest BCUT2D eigenvalue weighted by Crippen LogP contribution is 2.30. The van der Waals surface area contributed by atoms with Gasteiger partial charge in [0, 0.05) is 5.69 Å². The van der Waals surface area contributed by atoms with Crippen LogP contribution in [0, 0.1) is 0 Å². The molecule has 0 aromatic heterocycles. The molecule has 6 heteroatoms. The molecule has 0 heterocycles. The summed E-state index contributed by atoms with van der Waals surface area (Å²) in [5.41, 5.74) is -0.613. The van der Waals surface area contributed by atoms with Crippen LogP contribution in [0.5, 0.6) is 0 Å². The summed E-state index contributed by atoms with van der Waals surface area (Å²) < 4.78 is 37.8. The van der Waals surface area contributed by atoms with Gasteiger partial charge >= 0.3 is 6.18 Å². The third kappa shape index (κ3) is 5.75. The van der Waals surface area contributed by atoms with Gasteiger partial charge in [-0.15, -0.1) is 0 Å². The van der Waals surface area contributed by atoms with Gasteiger partial charge in [0.15, 0.2) is 0 Å². The second-order valence-electron chi connectivity index (χ2n) is 4.84. The van der Waals surface area contributed by atoms with Gasteiger partial charge in [-0.05, 0) is 37.6 Å². The first-order chi connectivity index (χ1) is 9.88. The number of nitrogens with one attached hydrogen (secondary N) is 2. The minimum absolute atomic E-state index is 0.158. The number of halogens is 3. The highest BCUT2D eigenvalue weighted by Gasteiger charge is 2.30. The van der Waals surface area contributed by atoms with E-state index in [0.717, 1.165) is 25.0 Å². The fourth-order valence-corrected chi connectivity index (χ4v) is 1.88. The Morgan fingerprint density at radius 1 is 1.29 bits per heavy atom. The highest BCUT2D eigenvalue weighted by molar-refractivity contribution is 5.94. The maximum absolute atomic E-state index is 12.6. The Kier molecular flexibility index (Phi) is 6.68. The Labute approximate surface area is 122 Å². The predicted octanol–water partition coefficient (Wildman–Crippen LogP) is 3.81. The van der Waals surface area contributed by atoms with E-state index in [4.69, 9.17) is 0 Å². The molecule has 118 valence electrons. The highest BCUT2D eigenvalue weighted by atomic mass is 19.4. The van der Waals surface area contributed by atoms with Crippen LogP contribution in [-0.2, 0) is 11.0 Å². The van der Waals surface area contributed by atoms with E-state index in [1.54, 1.807) is 0 Å². The zero-order valence-electron chi connectivity index (χ0n) is 12.3. The molecule has 0 saturated carbocycles. The van der Waals surface area contributed by atoms with E-state index in [2.05, 4.69) is 10.6 Å². The van der Waals surface area contributed by atoms with Crippen LogP contribution in [0.3, 0.4) is 0 Å². The van der Waals surface area contributed by atoms with Crippen molar-refractivity contribution in [1.82, 2.24) is 5.32 Å². The number of alkyl halides is 3. The van der Waals surface area contributed by atoms with Crippen molar-refractivity contribution in [2.75, 3.05) is 11.9 Å². The minimum atomic E-state index is -4.41. The number of unbranched alkanes of at least 4 members (excludes halogenated alkanes) is 1. The van der Waals surface area contributed by atoms with Gasteiger partial charge in [0.05, 0.1) is 11.6 Å². The van der Waals surface area contributed by atoms with Crippen molar-refractivity contribution >= 4 is 11.6 Å². The van der Waals surface area contributed by atoms with Crippen molar-refractivity contribution < 1.29 is 18.0 Å². The van der Waals surface area contributed by atoms with E-state index < -0.39 is 17.8 Å². The van der Waals surface area contributed by atoms with Gasteiger partial charge in [-0.3, -0.25) is 4.79 Å². The first-order valence-electron chi connectivity index (χ1n) is 7.10. The van der Waals surface area contributed by atoms with Gasteiger partial charge < -0.3 is 10.6 Å². The van der Waals surface area contributed by atoms with E-state index in [1.807, 2.05) is 13.8 Å². The molecule has 0 aliphatic rings. The monoisotopic (exact) mass is 302 g/mol. The number of carbonyl (C=O) groups excluding carboxylic acids is 1. The van der Waals surface area contributed by atoms with Crippen LogP contribution >= 0.6 is 0 Å². The number of benzene rings is 1. The van der Waals surface area contributed by atoms with E-state index in [0.29, 0.717) is 13.0 Å². The average molecular weight is 302 g/mol. The molecule has 0 fully saturated rings. The quantitative estimate of drug-likeness (QED) is 0.752. The summed E-state index contributed by atoms with van der Waals surface area (Å²) in [6, 6.07) is 4.25. The molecule has 0 aliphatic carbocycles. The van der Waals surface area contributed by atoms with E-state index in [1.165, 1.54) is 12.1 Å². The molecule has 2 N–H and O–H groups in total. The van der Waals surface area contributed by atoms with E-state index >= 15 is 0 Å². The molecule has 1 rings (SSSR count). The first-order valence-corrected chi connectivity index (χ1v) is 7.10. The van der Waals surface area contributed by atoms with Crippen LogP contribution in [0.15, 0.2) is 24.3 Å². The van der Waals surface area contributed by atoms with Crippen molar-refractivity contribution in [1.29, 1.82) is 0 Å². The number of hydrogen-bond acceptors (Lipinski definition) is 2. The Morgan fingerprint density at radius 3 is 2.57 bits per heavy atom. The van der Waals surface area contributed by atoms with Crippen molar-refractivity contribution in [3.8, 4) is 0 Å². The Hall–Kier alpha value is -1.56. The fourth-order valence-electron chi connectivity index (χ4n) is 1.88. The Morgan fingerprint density at radius 2 is 2.00 bits per heavy atom. The molecule has 0 bridgehead atoms. The number of hydrogen-bond donors (Lipinski definition) is 2. The zero-order chi connectivity index (χ0) is 15.9. The van der Waals surface area contributed by atoms with Crippen LogP contribution in [-0.4, -0.2) is 18.5 Å². The largest absolute Gasteiger partial charge is 0.416 e. The number of rotatable bonds is 7. The van der Waals surface area contributed by atoms with Crippen LogP contribution < -0.4 is 10.6 Å². The lowest BCUT2D eigenvalue weighted by Crippen LogP contribution is -2.40. The summed E-state index contributed by atoms with van der Waals surface area (Å²) in [5.74, 6) is -0.312. The number of anilines is 1. The topological polar surface area (TPSA) is 41.1 Å². The summed E-state index contributed by atoms with van der Waals surface area (Å²) in [5, 5.41) is 5.63. The molecule has 3 nitrogen and oxygen atoms in total. The van der Waals surface area contributed by atoms with Crippen LogP contribution in [0.2, 0.25) is 0 Å². The lowest BCUT2D eigenvalue weighted by molar-refractivity contribution is -0.137. The van der Waals surface area contributed by atoms with Gasteiger partial charge in [-0.1, -0.05) is 26.3 Å². The number of carbonyl (C=O) groups is 1. The van der Waals surface area contributed by atoms with Gasteiger partial charge in [-0.2, -0.15) is 13.2 Å². The Bertz CT molecular complexity index is 460. The summed E-state index contributed by atoms with van der Waals surface area (Å²) in [6.07, 6.45) is -1.87. The fraction of sp³-hybridized carbons (Fsp3) is 0.533. The van der Waals surface area contributed by atoms with Gasteiger partial charge in [0.2, 0.25) is 5.91 Å². The van der Waals surface area contributed by atoms with E-state index in [-0.39, 0.29) is 11.6 Å². The molecule has 0 saturated heterocycles. The maximum atomic E-state index is 12.6. The molecule has 0 aliphatic heterocycles. The average Bonchev–Trinajstić information content (AvgIpc) is 2.43. The van der Waals surface area contributed by atoms with Crippen molar-refractivity contribution in [3.63, 3.8) is 0 Å². The molecular formula is C15H21F3N2O. The van der Waals surface area contributed by atoms with Crippen LogP contribution in [0.1, 0.15) is 38.7 Å². The summed E-state index contributed by atoms with van der Waals surface area (Å²) >= 11 is 0. The predicted molar refractivity (Wildman–Crippen MR) is 77.1 cm³/mol. The lowest BCUT2D eigenvalue weighted by Gasteiger charge is -2.17. The molecule has 1 aromatic rings. The molecule has 0 radical (unpaired) electrons. The van der Waals surface area contributed by atoms with Gasteiger partial charge in [0.25, 0.3) is 0 Å². The standard InChI is InChI=1S/C15H21F3N2O/c1-3-5-9-19-13(4-2)14(21)20-12-8-6-7-11(10-12)15(16,17)18/h6-8,10,13,19H,3-5,9H2,1-2H3,(H,20,21). The normalized spacial score (nSPS) is 13.0. The van der Waals surface area contributed by atoms with Gasteiger partial charge in [-0.25, -0.2) is 0 Å². The van der Waals surface area contributed by atoms with Crippen molar-refractivity contribution in [2.24, 2.45) is 0 Å². The van der Waals surface area contributed by atoms with Crippen molar-refractivity contribution in [3.05, 3.63) is 29.8 Å². The summed E-state index contributed by atoms with van der Waals surface area (Å²) in [4.78, 5) is 12.0. The Balaban J connectivity index is 2.68. The smallest absolute Gasteiger partial charge is 0.325 e. The molecule has 1 atom stereocenters. The maximum Gasteiger partial charge on any atom is 0.416 e. The molecule has 1 amide bonds. The first kappa shape index (κ1) is 17.5. The van der Waals surface area contributed by atoms with Crippen LogP contribution in [0.25, 0.3) is 0 Å². The second kappa shape index (κ2) is 8.02. The molecule has 21 heavy (non-hydrogen) atoms. The second-order valence-corrected chi connectivity index (χ2v) is 4.84. The van der Waals surface area contributed by atoms with Crippen molar-refractivity contribution in [2.45, 2.75) is 45.3 Å². The SMILES string of the molecule is CCCCNC(CC)C(=O)Nc1cccc(C(F)(F)F)c1. The number of amides is 1. The zero-order valence-corrected chi connectivity index (χ0v) is 12.3. The minimum Gasteiger partial charge on any atom is -0.325 e. The molecule has 1 aromatic carbocycles. The molecular weight excluding hydrogens is 281 g/mol. The third-order valence-corrected chi connectivity index (χ3v) is 3.10. The molecule has 1 unspecified atom stereocenters.